The van der Waals surface area contributed by atoms with Gasteiger partial charge in [-0.2, -0.15) is 0 Å². The minimum absolute atomic E-state index is 0.349. The average Bonchev–Trinajstić information content (AvgIpc) is 2.15. The van der Waals surface area contributed by atoms with Crippen molar-refractivity contribution in [3.8, 4) is 0 Å². The lowest BCUT2D eigenvalue weighted by Crippen LogP contribution is -2.25. The summed E-state index contributed by atoms with van der Waals surface area (Å²) in [5.41, 5.74) is 6.46. The van der Waals surface area contributed by atoms with Crippen LogP contribution < -0.4 is 5.73 Å². The quantitative estimate of drug-likeness (QED) is 0.516. The highest BCUT2D eigenvalue weighted by atomic mass is 79.9. The molecule has 16 heavy (non-hydrogen) atoms. The van der Waals surface area contributed by atoms with Crippen molar-refractivity contribution in [1.29, 1.82) is 0 Å². The molecule has 0 aromatic heterocycles. The van der Waals surface area contributed by atoms with Gasteiger partial charge < -0.3 is 10.5 Å². The Morgan fingerprint density at radius 2 is 1.94 bits per heavy atom. The van der Waals surface area contributed by atoms with E-state index in [0.717, 1.165) is 5.56 Å². The van der Waals surface area contributed by atoms with Crippen molar-refractivity contribution in [1.82, 2.24) is 0 Å². The Morgan fingerprint density at radius 3 is 2.44 bits per heavy atom. The molecule has 0 aliphatic rings. The van der Waals surface area contributed by atoms with E-state index < -0.39 is 5.60 Å². The Morgan fingerprint density at radius 1 is 1.38 bits per heavy atom. The Kier molecular flexibility index (Phi) is 4.10. The summed E-state index contributed by atoms with van der Waals surface area (Å²) in [6.07, 6.45) is 0. The molecule has 0 amide bonds. The summed E-state index contributed by atoms with van der Waals surface area (Å²) in [4.78, 5) is 11.5. The Hall–Kier alpha value is -0.870. The van der Waals surface area contributed by atoms with Crippen LogP contribution in [0.1, 0.15) is 41.6 Å². The number of rotatable bonds is 2. The number of halogens is 1. The van der Waals surface area contributed by atoms with Crippen molar-refractivity contribution < 1.29 is 9.53 Å². The molecule has 0 saturated carbocycles. The van der Waals surface area contributed by atoms with Crippen LogP contribution in [0, 0.1) is 0 Å². The predicted octanol–water partition coefficient (Wildman–Crippen LogP) is 2.99. The lowest BCUT2D eigenvalue weighted by molar-refractivity contribution is 0.00683. The molecule has 4 heteroatoms. The van der Waals surface area contributed by atoms with E-state index in [4.69, 9.17) is 10.5 Å². The van der Waals surface area contributed by atoms with E-state index >= 15 is 0 Å². The van der Waals surface area contributed by atoms with Crippen molar-refractivity contribution in [2.45, 2.75) is 31.3 Å². The highest BCUT2D eigenvalue weighted by Gasteiger charge is 2.21. The first kappa shape index (κ1) is 13.2. The summed E-state index contributed by atoms with van der Waals surface area (Å²) in [5.74, 6) is -0.349. The van der Waals surface area contributed by atoms with Crippen LogP contribution in [-0.4, -0.2) is 11.6 Å². The smallest absolute Gasteiger partial charge is 0.339 e. The standard InChI is InChI=1S/C12H16BrNO2/c1-12(2,3)16-11(15)9-7-5-4-6-8(9)10(13)14/h4-7,10H,14H2,1-3H3. The zero-order valence-corrected chi connectivity index (χ0v) is 11.2. The number of esters is 1. The third-order valence-corrected chi connectivity index (χ3v) is 2.37. The van der Waals surface area contributed by atoms with Crippen molar-refractivity contribution in [2.75, 3.05) is 0 Å². The van der Waals surface area contributed by atoms with Crippen LogP contribution in [0.2, 0.25) is 0 Å². The highest BCUT2D eigenvalue weighted by Crippen LogP contribution is 2.23. The lowest BCUT2D eigenvalue weighted by atomic mass is 10.1. The van der Waals surface area contributed by atoms with E-state index in [1.54, 1.807) is 18.2 Å². The molecule has 0 fully saturated rings. The minimum atomic E-state index is -0.499. The number of hydrogen-bond acceptors (Lipinski definition) is 3. The Bertz CT molecular complexity index is 383. The molecular formula is C12H16BrNO2. The monoisotopic (exact) mass is 285 g/mol. The van der Waals surface area contributed by atoms with Gasteiger partial charge in [0.1, 0.15) is 5.60 Å². The molecule has 1 rings (SSSR count). The van der Waals surface area contributed by atoms with Gasteiger partial charge in [-0.1, -0.05) is 34.1 Å². The highest BCUT2D eigenvalue weighted by molar-refractivity contribution is 9.09. The summed E-state index contributed by atoms with van der Waals surface area (Å²) < 4.78 is 5.30. The Labute approximate surface area is 104 Å². The molecular weight excluding hydrogens is 270 g/mol. The number of alkyl halides is 1. The number of hydrogen-bond donors (Lipinski definition) is 1. The average molecular weight is 286 g/mol. The van der Waals surface area contributed by atoms with Crippen LogP contribution in [0.4, 0.5) is 0 Å². The first-order chi connectivity index (χ1) is 7.31. The molecule has 88 valence electrons. The summed E-state index contributed by atoms with van der Waals surface area (Å²) in [6.45, 7) is 5.50. The third kappa shape index (κ3) is 3.61. The maximum absolute atomic E-state index is 11.9. The van der Waals surface area contributed by atoms with Gasteiger partial charge in [-0.05, 0) is 32.4 Å². The summed E-state index contributed by atoms with van der Waals surface area (Å²) in [7, 11) is 0. The number of benzene rings is 1. The van der Waals surface area contributed by atoms with Crippen LogP contribution >= 0.6 is 15.9 Å². The molecule has 0 spiro atoms. The fourth-order valence-corrected chi connectivity index (χ4v) is 1.66. The van der Waals surface area contributed by atoms with Gasteiger partial charge in [0.15, 0.2) is 0 Å². The molecule has 3 nitrogen and oxygen atoms in total. The maximum atomic E-state index is 11.9. The van der Waals surface area contributed by atoms with Crippen LogP contribution in [0.5, 0.6) is 0 Å². The molecule has 1 aromatic carbocycles. The second-order valence-electron chi connectivity index (χ2n) is 4.49. The zero-order chi connectivity index (χ0) is 12.3. The lowest BCUT2D eigenvalue weighted by Gasteiger charge is -2.20. The normalized spacial score (nSPS) is 13.3. The Balaban J connectivity index is 3.00. The van der Waals surface area contributed by atoms with Crippen molar-refractivity contribution in [2.24, 2.45) is 5.73 Å². The minimum Gasteiger partial charge on any atom is -0.456 e. The van der Waals surface area contributed by atoms with Gasteiger partial charge in [-0.15, -0.1) is 0 Å². The largest absolute Gasteiger partial charge is 0.456 e. The summed E-state index contributed by atoms with van der Waals surface area (Å²) in [5, 5.41) is 0. The summed E-state index contributed by atoms with van der Waals surface area (Å²) >= 11 is 3.25. The van der Waals surface area contributed by atoms with E-state index in [0.29, 0.717) is 5.56 Å². The van der Waals surface area contributed by atoms with E-state index in [1.165, 1.54) is 0 Å². The first-order valence-electron chi connectivity index (χ1n) is 5.03. The number of carbonyl (C=O) groups excluding carboxylic acids is 1. The SMILES string of the molecule is CC(C)(C)OC(=O)c1ccccc1C(N)Br. The van der Waals surface area contributed by atoms with E-state index in [9.17, 15) is 4.79 Å². The molecule has 0 aliphatic carbocycles. The molecule has 1 atom stereocenters. The summed E-state index contributed by atoms with van der Waals surface area (Å²) in [6, 6.07) is 7.14. The van der Waals surface area contributed by atoms with Crippen molar-refractivity contribution in [3.63, 3.8) is 0 Å². The van der Waals surface area contributed by atoms with Gasteiger partial charge >= 0.3 is 5.97 Å². The second-order valence-corrected chi connectivity index (χ2v) is 5.48. The predicted molar refractivity (Wildman–Crippen MR) is 67.5 cm³/mol. The van der Waals surface area contributed by atoms with Crippen molar-refractivity contribution >= 4 is 21.9 Å². The van der Waals surface area contributed by atoms with Crippen LogP contribution in [0.15, 0.2) is 24.3 Å². The van der Waals surface area contributed by atoms with Gasteiger partial charge in [0, 0.05) is 0 Å². The fraction of sp³-hybridized carbons (Fsp3) is 0.417. The van der Waals surface area contributed by atoms with Crippen LogP contribution in [0.3, 0.4) is 0 Å². The molecule has 0 saturated heterocycles. The van der Waals surface area contributed by atoms with Crippen LogP contribution in [0.25, 0.3) is 0 Å². The number of carbonyl (C=O) groups is 1. The fourth-order valence-electron chi connectivity index (χ4n) is 1.26. The van der Waals surface area contributed by atoms with E-state index in [2.05, 4.69) is 15.9 Å². The van der Waals surface area contributed by atoms with Gasteiger partial charge in [0.05, 0.1) is 10.5 Å². The maximum Gasteiger partial charge on any atom is 0.339 e. The molecule has 0 heterocycles. The van der Waals surface area contributed by atoms with Gasteiger partial charge in [-0.25, -0.2) is 4.79 Å². The molecule has 0 bridgehead atoms. The van der Waals surface area contributed by atoms with Gasteiger partial charge in [0.25, 0.3) is 0 Å². The molecule has 2 N–H and O–H groups in total. The third-order valence-electron chi connectivity index (χ3n) is 1.88. The molecule has 0 radical (unpaired) electrons. The van der Waals surface area contributed by atoms with Crippen LogP contribution in [-0.2, 0) is 4.74 Å². The molecule has 1 unspecified atom stereocenters. The van der Waals surface area contributed by atoms with Crippen molar-refractivity contribution in [3.05, 3.63) is 35.4 Å². The van der Waals surface area contributed by atoms with E-state index in [1.807, 2.05) is 26.8 Å². The van der Waals surface area contributed by atoms with Gasteiger partial charge in [0.2, 0.25) is 0 Å². The molecule has 1 aromatic rings. The van der Waals surface area contributed by atoms with Gasteiger partial charge in [-0.3, -0.25) is 0 Å². The van der Waals surface area contributed by atoms with E-state index in [-0.39, 0.29) is 10.9 Å². The topological polar surface area (TPSA) is 52.3 Å². The number of nitrogens with two attached hydrogens (primary N) is 1. The molecule has 0 aliphatic heterocycles. The second kappa shape index (κ2) is 4.97. The zero-order valence-electron chi connectivity index (χ0n) is 9.66. The first-order valence-corrected chi connectivity index (χ1v) is 5.95. The number of ether oxygens (including phenoxy) is 1.